The molecule has 78 valence electrons. The SMILES string of the molecule is CCc1ccc2c(c1)c(C1CC1)nn2C. The van der Waals surface area contributed by atoms with E-state index in [0.717, 1.165) is 12.3 Å². The summed E-state index contributed by atoms with van der Waals surface area (Å²) in [4.78, 5) is 0. The molecule has 0 N–H and O–H groups in total. The van der Waals surface area contributed by atoms with E-state index in [-0.39, 0.29) is 0 Å². The summed E-state index contributed by atoms with van der Waals surface area (Å²) in [5.74, 6) is 0.737. The van der Waals surface area contributed by atoms with Gasteiger partial charge in [-0.15, -0.1) is 0 Å². The molecule has 0 saturated heterocycles. The molecule has 0 unspecified atom stereocenters. The monoisotopic (exact) mass is 200 g/mol. The van der Waals surface area contributed by atoms with Gasteiger partial charge in [0.05, 0.1) is 11.2 Å². The smallest absolute Gasteiger partial charge is 0.0734 e. The lowest BCUT2D eigenvalue weighted by atomic mass is 10.1. The Morgan fingerprint density at radius 1 is 1.40 bits per heavy atom. The average molecular weight is 200 g/mol. The molecule has 1 heterocycles. The number of aryl methyl sites for hydroxylation is 2. The molecule has 0 aliphatic heterocycles. The van der Waals surface area contributed by atoms with Crippen LogP contribution in [0.4, 0.5) is 0 Å². The van der Waals surface area contributed by atoms with Crippen molar-refractivity contribution in [1.82, 2.24) is 9.78 Å². The molecule has 0 spiro atoms. The zero-order chi connectivity index (χ0) is 10.4. The summed E-state index contributed by atoms with van der Waals surface area (Å²) in [5, 5.41) is 6.02. The normalized spacial score (nSPS) is 16.1. The van der Waals surface area contributed by atoms with Crippen LogP contribution in [0.5, 0.6) is 0 Å². The van der Waals surface area contributed by atoms with E-state index in [1.54, 1.807) is 0 Å². The molecule has 1 aromatic carbocycles. The van der Waals surface area contributed by atoms with Crippen molar-refractivity contribution >= 4 is 10.9 Å². The molecule has 3 rings (SSSR count). The molecule has 2 heteroatoms. The second-order valence-corrected chi connectivity index (χ2v) is 4.49. The Kier molecular flexibility index (Phi) is 1.84. The molecule has 2 aromatic rings. The Labute approximate surface area is 89.9 Å². The molecule has 0 atom stereocenters. The largest absolute Gasteiger partial charge is 0.268 e. The molecule has 2 nitrogen and oxygen atoms in total. The van der Waals surface area contributed by atoms with E-state index in [2.05, 4.69) is 30.2 Å². The van der Waals surface area contributed by atoms with Crippen molar-refractivity contribution in [3.8, 4) is 0 Å². The minimum absolute atomic E-state index is 0.737. The summed E-state index contributed by atoms with van der Waals surface area (Å²) in [6.07, 6.45) is 3.75. The number of hydrogen-bond donors (Lipinski definition) is 0. The van der Waals surface area contributed by atoms with Gasteiger partial charge in [0.15, 0.2) is 0 Å². The molecule has 1 saturated carbocycles. The van der Waals surface area contributed by atoms with Gasteiger partial charge in [-0.1, -0.05) is 13.0 Å². The van der Waals surface area contributed by atoms with Crippen LogP contribution in [-0.2, 0) is 13.5 Å². The molecule has 1 aromatic heterocycles. The average Bonchev–Trinajstić information content (AvgIpc) is 3.04. The number of benzene rings is 1. The van der Waals surface area contributed by atoms with Gasteiger partial charge in [-0.3, -0.25) is 4.68 Å². The first kappa shape index (κ1) is 8.96. The van der Waals surface area contributed by atoms with Gasteiger partial charge < -0.3 is 0 Å². The minimum atomic E-state index is 0.737. The fraction of sp³-hybridized carbons (Fsp3) is 0.462. The maximum Gasteiger partial charge on any atom is 0.0734 e. The van der Waals surface area contributed by atoms with Crippen molar-refractivity contribution in [1.29, 1.82) is 0 Å². The molecule has 15 heavy (non-hydrogen) atoms. The summed E-state index contributed by atoms with van der Waals surface area (Å²) in [6, 6.07) is 6.73. The van der Waals surface area contributed by atoms with Crippen molar-refractivity contribution in [2.45, 2.75) is 32.1 Å². The number of rotatable bonds is 2. The van der Waals surface area contributed by atoms with E-state index < -0.39 is 0 Å². The number of hydrogen-bond acceptors (Lipinski definition) is 1. The van der Waals surface area contributed by atoms with Gasteiger partial charge in [-0.2, -0.15) is 5.10 Å². The van der Waals surface area contributed by atoms with Gasteiger partial charge in [0, 0.05) is 18.4 Å². The first-order valence-corrected chi connectivity index (χ1v) is 5.75. The van der Waals surface area contributed by atoms with Gasteiger partial charge in [0.2, 0.25) is 0 Å². The third-order valence-corrected chi connectivity index (χ3v) is 3.32. The quantitative estimate of drug-likeness (QED) is 0.728. The van der Waals surface area contributed by atoms with E-state index in [1.807, 2.05) is 11.7 Å². The van der Waals surface area contributed by atoms with Crippen molar-refractivity contribution in [2.24, 2.45) is 7.05 Å². The van der Waals surface area contributed by atoms with Crippen LogP contribution in [-0.4, -0.2) is 9.78 Å². The first-order chi connectivity index (χ1) is 7.29. The fourth-order valence-electron chi connectivity index (χ4n) is 2.22. The third kappa shape index (κ3) is 1.36. The summed E-state index contributed by atoms with van der Waals surface area (Å²) < 4.78 is 2.02. The number of nitrogens with zero attached hydrogens (tertiary/aromatic N) is 2. The van der Waals surface area contributed by atoms with Crippen LogP contribution in [0.3, 0.4) is 0 Å². The predicted molar refractivity (Wildman–Crippen MR) is 62.1 cm³/mol. The molecule has 1 fully saturated rings. The van der Waals surface area contributed by atoms with Crippen molar-refractivity contribution in [3.05, 3.63) is 29.5 Å². The maximum absolute atomic E-state index is 4.64. The Balaban J connectivity index is 2.26. The van der Waals surface area contributed by atoms with Gasteiger partial charge in [0.25, 0.3) is 0 Å². The maximum atomic E-state index is 4.64. The van der Waals surface area contributed by atoms with Gasteiger partial charge in [-0.25, -0.2) is 0 Å². The van der Waals surface area contributed by atoms with E-state index in [0.29, 0.717) is 0 Å². The first-order valence-electron chi connectivity index (χ1n) is 5.75. The Morgan fingerprint density at radius 2 is 2.20 bits per heavy atom. The van der Waals surface area contributed by atoms with Crippen molar-refractivity contribution in [3.63, 3.8) is 0 Å². The van der Waals surface area contributed by atoms with E-state index in [9.17, 15) is 0 Å². The number of aromatic nitrogens is 2. The van der Waals surface area contributed by atoms with Crippen LogP contribution >= 0.6 is 0 Å². The molecule has 0 amide bonds. The lowest BCUT2D eigenvalue weighted by molar-refractivity contribution is 0.767. The zero-order valence-corrected chi connectivity index (χ0v) is 9.33. The molecule has 0 bridgehead atoms. The highest BCUT2D eigenvalue weighted by Crippen LogP contribution is 2.42. The molecular formula is C13H16N2. The van der Waals surface area contributed by atoms with Crippen LogP contribution in [0.25, 0.3) is 10.9 Å². The van der Waals surface area contributed by atoms with E-state index >= 15 is 0 Å². The summed E-state index contributed by atoms with van der Waals surface area (Å²) >= 11 is 0. The second kappa shape index (κ2) is 3.09. The molecule has 1 aliphatic carbocycles. The zero-order valence-electron chi connectivity index (χ0n) is 9.33. The van der Waals surface area contributed by atoms with Crippen LogP contribution in [0, 0.1) is 0 Å². The molecule has 1 aliphatic rings. The summed E-state index contributed by atoms with van der Waals surface area (Å²) in [7, 11) is 2.04. The lowest BCUT2D eigenvalue weighted by Crippen LogP contribution is -1.90. The summed E-state index contributed by atoms with van der Waals surface area (Å²) in [5.41, 5.74) is 4.01. The third-order valence-electron chi connectivity index (χ3n) is 3.32. The second-order valence-electron chi connectivity index (χ2n) is 4.49. The minimum Gasteiger partial charge on any atom is -0.268 e. The lowest BCUT2D eigenvalue weighted by Gasteiger charge is -1.98. The van der Waals surface area contributed by atoms with E-state index in [1.165, 1.54) is 35.0 Å². The Bertz CT molecular complexity index is 506. The standard InChI is InChI=1S/C13H16N2/c1-3-9-4-7-12-11(8-9)13(10-5-6-10)14-15(12)2/h4,7-8,10H,3,5-6H2,1-2H3. The molecular weight excluding hydrogens is 184 g/mol. The van der Waals surface area contributed by atoms with Crippen LogP contribution in [0.1, 0.15) is 36.9 Å². The molecule has 0 radical (unpaired) electrons. The summed E-state index contributed by atoms with van der Waals surface area (Å²) in [6.45, 7) is 2.20. The fourth-order valence-corrected chi connectivity index (χ4v) is 2.22. The Morgan fingerprint density at radius 3 is 2.87 bits per heavy atom. The highest BCUT2D eigenvalue weighted by atomic mass is 15.3. The topological polar surface area (TPSA) is 17.8 Å². The van der Waals surface area contributed by atoms with Crippen LogP contribution < -0.4 is 0 Å². The van der Waals surface area contributed by atoms with Gasteiger partial charge in [0.1, 0.15) is 0 Å². The van der Waals surface area contributed by atoms with Gasteiger partial charge in [-0.05, 0) is 37.0 Å². The highest BCUT2D eigenvalue weighted by Gasteiger charge is 2.28. The predicted octanol–water partition coefficient (Wildman–Crippen LogP) is 3.01. The highest BCUT2D eigenvalue weighted by molar-refractivity contribution is 5.83. The van der Waals surface area contributed by atoms with E-state index in [4.69, 9.17) is 0 Å². The number of fused-ring (bicyclic) bond motifs is 1. The van der Waals surface area contributed by atoms with Crippen LogP contribution in [0.15, 0.2) is 18.2 Å². The van der Waals surface area contributed by atoms with Crippen molar-refractivity contribution in [2.75, 3.05) is 0 Å². The van der Waals surface area contributed by atoms with Crippen LogP contribution in [0.2, 0.25) is 0 Å². The Hall–Kier alpha value is -1.31. The van der Waals surface area contributed by atoms with Crippen molar-refractivity contribution < 1.29 is 0 Å². The van der Waals surface area contributed by atoms with Gasteiger partial charge >= 0.3 is 0 Å².